The molecule has 8 nitrogen and oxygen atoms in total. The van der Waals surface area contributed by atoms with Gasteiger partial charge < -0.3 is 15.7 Å². The molecule has 1 amide bonds. The highest BCUT2D eigenvalue weighted by atomic mass is 16.4. The van der Waals surface area contributed by atoms with Gasteiger partial charge in [-0.2, -0.15) is 0 Å². The Morgan fingerprint density at radius 2 is 2.14 bits per heavy atom. The van der Waals surface area contributed by atoms with Gasteiger partial charge in [-0.05, 0) is 43.4 Å². The maximum Gasteiger partial charge on any atom is 0.356 e. The van der Waals surface area contributed by atoms with Gasteiger partial charge in [0.25, 0.3) is 5.91 Å². The summed E-state index contributed by atoms with van der Waals surface area (Å²) in [6.45, 7) is 2.72. The van der Waals surface area contributed by atoms with Crippen LogP contribution in [0.1, 0.15) is 46.2 Å². The van der Waals surface area contributed by atoms with Crippen LogP contribution in [0.25, 0.3) is 16.9 Å². The molecule has 1 fully saturated rings. The van der Waals surface area contributed by atoms with Gasteiger partial charge in [0.1, 0.15) is 0 Å². The number of carbonyl (C=O) groups excluding carboxylic acids is 1. The normalized spacial score (nSPS) is 17.2. The Balaban J connectivity index is 1.56. The molecule has 5 rings (SSSR count). The van der Waals surface area contributed by atoms with Crippen LogP contribution >= 0.6 is 0 Å². The van der Waals surface area contributed by atoms with Gasteiger partial charge in [0, 0.05) is 29.9 Å². The third-order valence-corrected chi connectivity index (χ3v) is 5.77. The standard InChI is InChI=1S/C20H19N5O3/c1-10(11-2-3-11)24-8-13-6-12(4-5-14(13)19(24)26)16-7-22-18-17(21)23-15(20(27)28)9-25(16)18/h4-7,9-11H,2-3,8H2,1H3,(H2,21,23)(H,27,28). The number of fused-ring (bicyclic) bond motifs is 2. The molecule has 1 unspecified atom stereocenters. The fourth-order valence-electron chi connectivity index (χ4n) is 3.99. The Kier molecular flexibility index (Phi) is 3.46. The summed E-state index contributed by atoms with van der Waals surface area (Å²) in [4.78, 5) is 34.2. The van der Waals surface area contributed by atoms with E-state index in [-0.39, 0.29) is 23.5 Å². The van der Waals surface area contributed by atoms with E-state index in [1.807, 2.05) is 23.1 Å². The van der Waals surface area contributed by atoms with Crippen molar-refractivity contribution in [3.63, 3.8) is 0 Å². The number of carboxylic acids is 1. The van der Waals surface area contributed by atoms with Gasteiger partial charge in [-0.1, -0.05) is 6.07 Å². The Morgan fingerprint density at radius 1 is 1.36 bits per heavy atom. The highest BCUT2D eigenvalue weighted by Gasteiger charge is 2.38. The van der Waals surface area contributed by atoms with E-state index in [0.29, 0.717) is 23.8 Å². The zero-order chi connectivity index (χ0) is 19.6. The number of hydrogen-bond acceptors (Lipinski definition) is 5. The van der Waals surface area contributed by atoms with E-state index in [1.54, 1.807) is 10.6 Å². The number of hydrogen-bond donors (Lipinski definition) is 2. The third kappa shape index (κ3) is 2.45. The molecule has 8 heteroatoms. The summed E-state index contributed by atoms with van der Waals surface area (Å²) in [7, 11) is 0. The molecule has 28 heavy (non-hydrogen) atoms. The monoisotopic (exact) mass is 377 g/mol. The number of carboxylic acid groups (broad SMARTS) is 1. The maximum atomic E-state index is 12.8. The summed E-state index contributed by atoms with van der Waals surface area (Å²) in [5.41, 5.74) is 9.39. The largest absolute Gasteiger partial charge is 0.476 e. The number of nitrogens with zero attached hydrogens (tertiary/aromatic N) is 4. The van der Waals surface area contributed by atoms with Crippen LogP contribution in [0, 0.1) is 5.92 Å². The summed E-state index contributed by atoms with van der Waals surface area (Å²) in [6, 6.07) is 5.94. The minimum atomic E-state index is -1.16. The minimum absolute atomic E-state index is 0.0620. The molecule has 2 aliphatic rings. The number of rotatable bonds is 4. The van der Waals surface area contributed by atoms with E-state index in [9.17, 15) is 14.7 Å². The number of aromatic nitrogens is 3. The Hall–Kier alpha value is -3.42. The molecule has 1 atom stereocenters. The molecule has 2 aromatic heterocycles. The maximum absolute atomic E-state index is 12.8. The second kappa shape index (κ2) is 5.79. The number of carbonyl (C=O) groups is 2. The van der Waals surface area contributed by atoms with Crippen LogP contribution in [-0.2, 0) is 6.54 Å². The number of aromatic carboxylic acids is 1. The Bertz CT molecular complexity index is 1150. The van der Waals surface area contributed by atoms with E-state index in [4.69, 9.17) is 5.73 Å². The van der Waals surface area contributed by atoms with E-state index >= 15 is 0 Å². The van der Waals surface area contributed by atoms with Gasteiger partial charge in [0.15, 0.2) is 17.2 Å². The van der Waals surface area contributed by atoms with Crippen LogP contribution in [0.5, 0.6) is 0 Å². The van der Waals surface area contributed by atoms with Crippen molar-refractivity contribution in [2.45, 2.75) is 32.4 Å². The van der Waals surface area contributed by atoms with Crippen LogP contribution in [0.3, 0.4) is 0 Å². The van der Waals surface area contributed by atoms with Crippen molar-refractivity contribution in [1.29, 1.82) is 0 Å². The Labute approximate surface area is 160 Å². The molecular weight excluding hydrogens is 358 g/mol. The lowest BCUT2D eigenvalue weighted by Gasteiger charge is -2.23. The van der Waals surface area contributed by atoms with Crippen molar-refractivity contribution < 1.29 is 14.7 Å². The quantitative estimate of drug-likeness (QED) is 0.722. The van der Waals surface area contributed by atoms with E-state index in [1.165, 1.54) is 19.0 Å². The lowest BCUT2D eigenvalue weighted by Crippen LogP contribution is -2.34. The topological polar surface area (TPSA) is 114 Å². The molecule has 0 saturated heterocycles. The average molecular weight is 377 g/mol. The van der Waals surface area contributed by atoms with E-state index in [0.717, 1.165) is 16.7 Å². The lowest BCUT2D eigenvalue weighted by molar-refractivity contribution is 0.0684. The predicted molar refractivity (Wildman–Crippen MR) is 102 cm³/mol. The van der Waals surface area contributed by atoms with Gasteiger partial charge in [-0.25, -0.2) is 14.8 Å². The van der Waals surface area contributed by atoms with Gasteiger partial charge in [-0.3, -0.25) is 9.20 Å². The van der Waals surface area contributed by atoms with Gasteiger partial charge in [0.05, 0.1) is 11.9 Å². The van der Waals surface area contributed by atoms with Crippen molar-refractivity contribution in [2.75, 3.05) is 5.73 Å². The number of amides is 1. The lowest BCUT2D eigenvalue weighted by atomic mass is 10.0. The smallest absolute Gasteiger partial charge is 0.356 e. The van der Waals surface area contributed by atoms with Crippen molar-refractivity contribution >= 4 is 23.3 Å². The van der Waals surface area contributed by atoms with E-state index < -0.39 is 5.97 Å². The third-order valence-electron chi connectivity index (χ3n) is 5.77. The van der Waals surface area contributed by atoms with Crippen molar-refractivity contribution in [2.24, 2.45) is 5.92 Å². The van der Waals surface area contributed by atoms with E-state index in [2.05, 4.69) is 16.9 Å². The first kappa shape index (κ1) is 16.7. The van der Waals surface area contributed by atoms with Crippen LogP contribution in [0.15, 0.2) is 30.6 Å². The zero-order valence-corrected chi connectivity index (χ0v) is 15.3. The molecular formula is C20H19N5O3. The van der Waals surface area contributed by atoms with Gasteiger partial charge in [0.2, 0.25) is 0 Å². The number of benzene rings is 1. The second-order valence-electron chi connectivity index (χ2n) is 7.54. The molecule has 1 aliphatic heterocycles. The van der Waals surface area contributed by atoms with Crippen LogP contribution in [-0.4, -0.2) is 42.3 Å². The Morgan fingerprint density at radius 3 is 2.86 bits per heavy atom. The average Bonchev–Trinajstić information content (AvgIpc) is 3.35. The minimum Gasteiger partial charge on any atom is -0.476 e. The first-order chi connectivity index (χ1) is 13.4. The highest BCUT2D eigenvalue weighted by Crippen LogP contribution is 2.39. The van der Waals surface area contributed by atoms with Crippen molar-refractivity contribution in [1.82, 2.24) is 19.3 Å². The molecule has 0 radical (unpaired) electrons. The van der Waals surface area contributed by atoms with Crippen molar-refractivity contribution in [3.8, 4) is 11.3 Å². The second-order valence-corrected chi connectivity index (χ2v) is 7.54. The molecule has 3 heterocycles. The molecule has 1 aromatic carbocycles. The summed E-state index contributed by atoms with van der Waals surface area (Å²) in [6.07, 6.45) is 5.43. The fraction of sp³-hybridized carbons (Fsp3) is 0.300. The summed E-state index contributed by atoms with van der Waals surface area (Å²) in [5, 5.41) is 9.26. The van der Waals surface area contributed by atoms with Crippen LogP contribution in [0.4, 0.5) is 5.82 Å². The molecule has 1 saturated carbocycles. The molecule has 1 aliphatic carbocycles. The predicted octanol–water partition coefficient (Wildman–Crippen LogP) is 2.43. The number of imidazole rings is 1. The molecule has 0 spiro atoms. The first-order valence-corrected chi connectivity index (χ1v) is 9.25. The number of nitrogen functional groups attached to an aromatic ring is 1. The highest BCUT2D eigenvalue weighted by molar-refractivity contribution is 5.99. The van der Waals surface area contributed by atoms with Crippen molar-refractivity contribution in [3.05, 3.63) is 47.4 Å². The summed E-state index contributed by atoms with van der Waals surface area (Å²) < 4.78 is 1.63. The first-order valence-electron chi connectivity index (χ1n) is 9.25. The van der Waals surface area contributed by atoms with Crippen LogP contribution in [0.2, 0.25) is 0 Å². The number of nitrogens with two attached hydrogens (primary N) is 1. The van der Waals surface area contributed by atoms with Crippen LogP contribution < -0.4 is 5.73 Å². The zero-order valence-electron chi connectivity index (χ0n) is 15.3. The molecule has 3 N–H and O–H groups in total. The van der Waals surface area contributed by atoms with Gasteiger partial charge >= 0.3 is 5.97 Å². The SMILES string of the molecule is CC(C1CC1)N1Cc2cc(-c3cnc4c(N)nc(C(=O)O)cn34)ccc2C1=O. The fourth-order valence-corrected chi connectivity index (χ4v) is 3.99. The molecule has 3 aromatic rings. The summed E-state index contributed by atoms with van der Waals surface area (Å²) in [5.74, 6) is -0.397. The molecule has 142 valence electrons. The van der Waals surface area contributed by atoms with Gasteiger partial charge in [-0.15, -0.1) is 0 Å². The molecule has 0 bridgehead atoms. The number of anilines is 1. The summed E-state index contributed by atoms with van der Waals surface area (Å²) >= 11 is 0.